The molecule has 4 rings (SSSR count). The number of ether oxygens (including phenoxy) is 1. The number of unbranched alkanes of at least 4 members (excludes halogenated alkanes) is 1. The summed E-state index contributed by atoms with van der Waals surface area (Å²) in [4.78, 5) is 17.4. The number of benzene rings is 3. The Morgan fingerprint density at radius 3 is 2.65 bits per heavy atom. The maximum atomic E-state index is 12.9. The minimum absolute atomic E-state index is 0.240. The zero-order chi connectivity index (χ0) is 21.5. The molecule has 31 heavy (non-hydrogen) atoms. The molecular formula is C25H23N3O3. The second-order valence-corrected chi connectivity index (χ2v) is 7.02. The first-order chi connectivity index (χ1) is 15.2. The molecular weight excluding hydrogens is 390 g/mol. The molecule has 0 spiro atoms. The molecule has 0 aliphatic heterocycles. The van der Waals surface area contributed by atoms with Crippen LogP contribution in [0.1, 0.15) is 30.1 Å². The number of anilines is 1. The zero-order valence-electron chi connectivity index (χ0n) is 17.2. The van der Waals surface area contributed by atoms with Gasteiger partial charge in [0.1, 0.15) is 5.75 Å². The fourth-order valence-electron chi connectivity index (χ4n) is 3.07. The van der Waals surface area contributed by atoms with Crippen molar-refractivity contribution in [2.75, 3.05) is 11.9 Å². The summed E-state index contributed by atoms with van der Waals surface area (Å²) in [5.41, 5.74) is 2.62. The van der Waals surface area contributed by atoms with E-state index in [-0.39, 0.29) is 5.91 Å². The molecule has 1 aromatic heterocycles. The highest BCUT2D eigenvalue weighted by atomic mass is 16.5. The maximum absolute atomic E-state index is 12.9. The lowest BCUT2D eigenvalue weighted by molar-refractivity contribution is 0.102. The molecule has 3 aromatic carbocycles. The fourth-order valence-corrected chi connectivity index (χ4v) is 3.07. The van der Waals surface area contributed by atoms with Crippen LogP contribution in [0.15, 0.2) is 83.4 Å². The molecule has 0 saturated carbocycles. The molecule has 1 heterocycles. The summed E-state index contributed by atoms with van der Waals surface area (Å²) >= 11 is 0. The van der Waals surface area contributed by atoms with Gasteiger partial charge in [0.15, 0.2) is 0 Å². The summed E-state index contributed by atoms with van der Waals surface area (Å²) in [6.07, 6.45) is 2.03. The number of aromatic nitrogens is 2. The summed E-state index contributed by atoms with van der Waals surface area (Å²) in [7, 11) is 0. The minimum Gasteiger partial charge on any atom is -0.494 e. The van der Waals surface area contributed by atoms with Crippen LogP contribution in [0.25, 0.3) is 22.8 Å². The van der Waals surface area contributed by atoms with Crippen LogP contribution in [0.2, 0.25) is 0 Å². The van der Waals surface area contributed by atoms with E-state index in [0.717, 1.165) is 18.4 Å². The lowest BCUT2D eigenvalue weighted by atomic mass is 10.1. The SMILES string of the molecule is CCCCOc1cccc(C(=O)Nc2ccccc2-c2nc(-c3ccccc3)no2)c1. The number of rotatable bonds is 8. The Balaban J connectivity index is 1.54. The van der Waals surface area contributed by atoms with Gasteiger partial charge in [0.2, 0.25) is 5.82 Å². The molecule has 6 nitrogen and oxygen atoms in total. The number of carbonyl (C=O) groups excluding carboxylic acids is 1. The Labute approximate surface area is 180 Å². The summed E-state index contributed by atoms with van der Waals surface area (Å²) in [6.45, 7) is 2.74. The second kappa shape index (κ2) is 9.71. The molecule has 1 N–H and O–H groups in total. The third kappa shape index (κ3) is 4.98. The van der Waals surface area contributed by atoms with Gasteiger partial charge in [-0.3, -0.25) is 4.79 Å². The van der Waals surface area contributed by atoms with Crippen LogP contribution in [-0.2, 0) is 0 Å². The number of amides is 1. The van der Waals surface area contributed by atoms with Gasteiger partial charge in [-0.25, -0.2) is 0 Å². The van der Waals surface area contributed by atoms with Crippen molar-refractivity contribution in [2.24, 2.45) is 0 Å². The number of nitrogens with one attached hydrogen (secondary N) is 1. The number of nitrogens with zero attached hydrogens (tertiary/aromatic N) is 2. The van der Waals surface area contributed by atoms with Crippen LogP contribution in [0.4, 0.5) is 5.69 Å². The van der Waals surface area contributed by atoms with Gasteiger partial charge in [-0.2, -0.15) is 4.98 Å². The van der Waals surface area contributed by atoms with Crippen LogP contribution in [0.5, 0.6) is 5.75 Å². The second-order valence-electron chi connectivity index (χ2n) is 7.02. The molecule has 0 atom stereocenters. The molecule has 1 amide bonds. The van der Waals surface area contributed by atoms with E-state index in [2.05, 4.69) is 22.4 Å². The smallest absolute Gasteiger partial charge is 0.260 e. The van der Waals surface area contributed by atoms with E-state index in [9.17, 15) is 4.79 Å². The molecule has 6 heteroatoms. The van der Waals surface area contributed by atoms with E-state index >= 15 is 0 Å². The number of para-hydroxylation sites is 1. The predicted octanol–water partition coefficient (Wildman–Crippen LogP) is 5.83. The van der Waals surface area contributed by atoms with Crippen molar-refractivity contribution in [3.05, 3.63) is 84.4 Å². The average molecular weight is 413 g/mol. The number of hydrogen-bond acceptors (Lipinski definition) is 5. The van der Waals surface area contributed by atoms with Gasteiger partial charge in [0.05, 0.1) is 17.9 Å². The monoisotopic (exact) mass is 413 g/mol. The molecule has 0 radical (unpaired) electrons. The first-order valence-electron chi connectivity index (χ1n) is 10.3. The standard InChI is InChI=1S/C25H23N3O3/c1-2-3-16-30-20-13-9-12-19(17-20)24(29)26-22-15-8-7-14-21(22)25-27-23(28-31-25)18-10-5-4-6-11-18/h4-15,17H,2-3,16H2,1H3,(H,26,29). The first kappa shape index (κ1) is 20.3. The van der Waals surface area contributed by atoms with Crippen LogP contribution in [0, 0.1) is 0 Å². The molecule has 156 valence electrons. The van der Waals surface area contributed by atoms with Crippen LogP contribution >= 0.6 is 0 Å². The van der Waals surface area contributed by atoms with Gasteiger partial charge >= 0.3 is 0 Å². The van der Waals surface area contributed by atoms with E-state index in [1.807, 2.05) is 60.7 Å². The van der Waals surface area contributed by atoms with Crippen LogP contribution in [0.3, 0.4) is 0 Å². The van der Waals surface area contributed by atoms with E-state index < -0.39 is 0 Å². The Kier molecular flexibility index (Phi) is 6.38. The highest BCUT2D eigenvalue weighted by molar-refractivity contribution is 6.06. The van der Waals surface area contributed by atoms with E-state index in [4.69, 9.17) is 9.26 Å². The summed E-state index contributed by atoms with van der Waals surface area (Å²) in [6, 6.07) is 24.1. The number of carbonyl (C=O) groups is 1. The summed E-state index contributed by atoms with van der Waals surface area (Å²) < 4.78 is 11.2. The van der Waals surface area contributed by atoms with Crippen molar-refractivity contribution < 1.29 is 14.1 Å². The largest absolute Gasteiger partial charge is 0.494 e. The highest BCUT2D eigenvalue weighted by Gasteiger charge is 2.16. The van der Waals surface area contributed by atoms with Crippen molar-refractivity contribution in [3.63, 3.8) is 0 Å². The van der Waals surface area contributed by atoms with Crippen molar-refractivity contribution in [3.8, 4) is 28.6 Å². The lowest BCUT2D eigenvalue weighted by Crippen LogP contribution is -2.13. The minimum atomic E-state index is -0.240. The normalized spacial score (nSPS) is 10.6. The third-order valence-electron chi connectivity index (χ3n) is 4.73. The molecule has 0 fully saturated rings. The summed E-state index contributed by atoms with van der Waals surface area (Å²) in [5, 5.41) is 7.02. The lowest BCUT2D eigenvalue weighted by Gasteiger charge is -2.10. The Morgan fingerprint density at radius 1 is 1.00 bits per heavy atom. The molecule has 0 aliphatic carbocycles. The Hall–Kier alpha value is -3.93. The van der Waals surface area contributed by atoms with Gasteiger partial charge in [-0.15, -0.1) is 0 Å². The quantitative estimate of drug-likeness (QED) is 0.368. The van der Waals surface area contributed by atoms with Gasteiger partial charge in [-0.1, -0.05) is 67.0 Å². The first-order valence-corrected chi connectivity index (χ1v) is 10.3. The topological polar surface area (TPSA) is 77.2 Å². The Morgan fingerprint density at radius 2 is 1.81 bits per heavy atom. The zero-order valence-corrected chi connectivity index (χ0v) is 17.2. The van der Waals surface area contributed by atoms with E-state index in [0.29, 0.717) is 40.9 Å². The summed E-state index contributed by atoms with van der Waals surface area (Å²) in [5.74, 6) is 1.27. The van der Waals surface area contributed by atoms with Gasteiger partial charge in [0, 0.05) is 11.1 Å². The van der Waals surface area contributed by atoms with Gasteiger partial charge < -0.3 is 14.6 Å². The van der Waals surface area contributed by atoms with E-state index in [1.165, 1.54) is 0 Å². The third-order valence-corrected chi connectivity index (χ3v) is 4.73. The van der Waals surface area contributed by atoms with Gasteiger partial charge in [0.25, 0.3) is 11.8 Å². The highest BCUT2D eigenvalue weighted by Crippen LogP contribution is 2.29. The van der Waals surface area contributed by atoms with Crippen molar-refractivity contribution in [1.29, 1.82) is 0 Å². The molecule has 0 bridgehead atoms. The van der Waals surface area contributed by atoms with Crippen molar-refractivity contribution in [1.82, 2.24) is 10.1 Å². The van der Waals surface area contributed by atoms with Crippen LogP contribution < -0.4 is 10.1 Å². The molecule has 0 aliphatic rings. The molecule has 0 unspecified atom stereocenters. The average Bonchev–Trinajstić information content (AvgIpc) is 3.31. The van der Waals surface area contributed by atoms with Crippen LogP contribution in [-0.4, -0.2) is 22.7 Å². The predicted molar refractivity (Wildman–Crippen MR) is 120 cm³/mol. The van der Waals surface area contributed by atoms with E-state index in [1.54, 1.807) is 18.2 Å². The van der Waals surface area contributed by atoms with Gasteiger partial charge in [-0.05, 0) is 36.8 Å². The fraction of sp³-hybridized carbons (Fsp3) is 0.160. The maximum Gasteiger partial charge on any atom is 0.260 e. The molecule has 0 saturated heterocycles. The number of hydrogen-bond donors (Lipinski definition) is 1. The molecule has 4 aromatic rings. The Bertz CT molecular complexity index is 1160. The van der Waals surface area contributed by atoms with Crippen molar-refractivity contribution >= 4 is 11.6 Å². The van der Waals surface area contributed by atoms with Crippen molar-refractivity contribution in [2.45, 2.75) is 19.8 Å².